The first-order chi connectivity index (χ1) is 33.7. The predicted octanol–water partition coefficient (Wildman–Crippen LogP) is 14.9. The molecule has 408 valence electrons. The predicted molar refractivity (Wildman–Crippen MR) is 282 cm³/mol. The van der Waals surface area contributed by atoms with E-state index in [1.165, 1.54) is 113 Å². The maximum atomic E-state index is 14.0. The van der Waals surface area contributed by atoms with E-state index in [2.05, 4.69) is 79.4 Å². The maximum Gasteiger partial charge on any atom is 0.417 e. The third-order valence-corrected chi connectivity index (χ3v) is 17.7. The van der Waals surface area contributed by atoms with E-state index in [4.69, 9.17) is 19.1 Å². The zero-order valence-electron chi connectivity index (χ0n) is 47.1. The summed E-state index contributed by atoms with van der Waals surface area (Å²) in [6.07, 6.45) is 32.8. The summed E-state index contributed by atoms with van der Waals surface area (Å²) in [5.41, 5.74) is -3.32. The first-order valence-corrected chi connectivity index (χ1v) is 29.6. The molecule has 0 bridgehead atoms. The van der Waals surface area contributed by atoms with Crippen molar-refractivity contribution >= 4 is 24.0 Å². The van der Waals surface area contributed by atoms with Crippen LogP contribution in [0.4, 0.5) is 9.59 Å². The number of nitrogens with zero attached hydrogens (tertiary/aromatic N) is 4. The number of carbonyl (C=O) groups is 4. The van der Waals surface area contributed by atoms with Gasteiger partial charge in [0, 0.05) is 59.9 Å². The largest absolute Gasteiger partial charge is 0.442 e. The fraction of sp³-hybridized carbons (Fsp3) is 0.932. The van der Waals surface area contributed by atoms with E-state index in [9.17, 15) is 19.2 Å². The Kier molecular flexibility index (Phi) is 20.8. The van der Waals surface area contributed by atoms with E-state index >= 15 is 0 Å². The molecule has 71 heavy (non-hydrogen) atoms. The highest BCUT2D eigenvalue weighted by Gasteiger charge is 2.61. The van der Waals surface area contributed by atoms with Gasteiger partial charge in [-0.25, -0.2) is 19.4 Å². The zero-order chi connectivity index (χ0) is 51.5. The molecule has 0 radical (unpaired) electrons. The number of hydrogen-bond acceptors (Lipinski definition) is 10. The van der Waals surface area contributed by atoms with E-state index in [1.54, 1.807) is 0 Å². The number of rotatable bonds is 26. The lowest BCUT2D eigenvalue weighted by Crippen LogP contribution is -2.69. The summed E-state index contributed by atoms with van der Waals surface area (Å²) < 4.78 is 12.8. The molecule has 0 aromatic rings. The Morgan fingerprint density at radius 3 is 0.986 bits per heavy atom. The Hall–Kier alpha value is -2.28. The SMILES string of the molecule is CCCCCCCCCCCON1C(C)(C)CC2(CC(=O)N(C3CCC(CC4CCC(N5C(=O)CC6(CC(C)(C)N(OCCCCCCCCCCC)C(C)(C)C6)OC5=O)CC4)CC3)C(=O)O2)CC1(C)C. The number of amides is 4. The first-order valence-electron chi connectivity index (χ1n) is 29.6. The molecule has 0 unspecified atom stereocenters. The van der Waals surface area contributed by atoms with Gasteiger partial charge in [-0.15, -0.1) is 0 Å². The molecule has 6 rings (SSSR count). The molecule has 0 aromatic heterocycles. The normalized spacial score (nSPS) is 28.4. The van der Waals surface area contributed by atoms with E-state index in [-0.39, 0.29) is 36.7 Å². The van der Waals surface area contributed by atoms with Crippen molar-refractivity contribution in [1.29, 1.82) is 0 Å². The third-order valence-electron chi connectivity index (χ3n) is 17.7. The second-order valence-corrected chi connectivity index (χ2v) is 26.4. The highest BCUT2D eigenvalue weighted by Crippen LogP contribution is 2.51. The molecule has 2 aliphatic carbocycles. The number of imide groups is 2. The van der Waals surface area contributed by atoms with Crippen molar-refractivity contribution in [3.05, 3.63) is 0 Å². The molecule has 4 amide bonds. The lowest BCUT2D eigenvalue weighted by molar-refractivity contribution is -0.307. The van der Waals surface area contributed by atoms with Gasteiger partial charge in [-0.2, -0.15) is 10.1 Å². The van der Waals surface area contributed by atoms with Gasteiger partial charge in [0.2, 0.25) is 11.8 Å². The van der Waals surface area contributed by atoms with Gasteiger partial charge in [0.05, 0.1) is 26.1 Å². The molecule has 0 N–H and O–H groups in total. The Morgan fingerprint density at radius 1 is 0.423 bits per heavy atom. The van der Waals surface area contributed by atoms with Gasteiger partial charge >= 0.3 is 12.2 Å². The number of hydrogen-bond donors (Lipinski definition) is 0. The minimum atomic E-state index is -0.838. The number of piperidine rings is 2. The lowest BCUT2D eigenvalue weighted by atomic mass is 9.70. The second kappa shape index (κ2) is 25.5. The molecule has 12 heteroatoms. The minimum Gasteiger partial charge on any atom is -0.442 e. The molecule has 6 aliphatic rings. The Morgan fingerprint density at radius 2 is 0.704 bits per heavy atom. The molecule has 0 aromatic carbocycles. The summed E-state index contributed by atoms with van der Waals surface area (Å²) in [5, 5.41) is 4.26. The standard InChI is InChI=1S/C59H104N4O8/c1-11-13-15-17-19-21-23-25-27-37-68-62-54(3,4)42-58(43-55(62,5)6)40-50(64)60(52(66)70-58)48-33-29-46(30-34-48)39-47-31-35-49(36-32-47)61-51(65)41-59(71-53(61)67)44-56(7,8)63(57(9,10)45-59)69-38-28-26-24-22-20-18-16-14-12-2/h46-49H,11-45H2,1-10H3. The summed E-state index contributed by atoms with van der Waals surface area (Å²) in [7, 11) is 0. The fourth-order valence-corrected chi connectivity index (χ4v) is 15.4. The van der Waals surface area contributed by atoms with Gasteiger partial charge in [-0.05, 0) is 138 Å². The van der Waals surface area contributed by atoms with Gasteiger partial charge in [0.1, 0.15) is 11.2 Å². The van der Waals surface area contributed by atoms with Gasteiger partial charge in [-0.1, -0.05) is 117 Å². The highest BCUT2D eigenvalue weighted by molar-refractivity contribution is 5.96. The lowest BCUT2D eigenvalue weighted by Gasteiger charge is -2.58. The van der Waals surface area contributed by atoms with Gasteiger partial charge in [0.15, 0.2) is 0 Å². The zero-order valence-corrected chi connectivity index (χ0v) is 47.1. The van der Waals surface area contributed by atoms with Gasteiger partial charge in [0.25, 0.3) is 0 Å². The summed E-state index contributed by atoms with van der Waals surface area (Å²) >= 11 is 0. The van der Waals surface area contributed by atoms with Crippen LogP contribution in [0.2, 0.25) is 0 Å². The molecular weight excluding hydrogens is 893 g/mol. The molecule has 6 fully saturated rings. The number of unbranched alkanes of at least 4 members (excludes halogenated alkanes) is 16. The maximum absolute atomic E-state index is 14.0. The van der Waals surface area contributed by atoms with Crippen LogP contribution in [0.1, 0.15) is 281 Å². The van der Waals surface area contributed by atoms with Crippen molar-refractivity contribution in [2.75, 3.05) is 13.2 Å². The fourth-order valence-electron chi connectivity index (χ4n) is 15.4. The smallest absolute Gasteiger partial charge is 0.417 e. The van der Waals surface area contributed by atoms with Crippen molar-refractivity contribution in [2.45, 2.75) is 327 Å². The average molecular weight is 998 g/mol. The van der Waals surface area contributed by atoms with Crippen molar-refractivity contribution in [3.63, 3.8) is 0 Å². The van der Waals surface area contributed by atoms with Gasteiger partial charge in [-0.3, -0.25) is 19.3 Å². The Balaban J connectivity index is 0.894. The minimum absolute atomic E-state index is 0.0955. The first kappa shape index (κ1) is 58.0. The Labute approximate surface area is 432 Å². The molecular formula is C59H104N4O8. The van der Waals surface area contributed by atoms with Crippen LogP contribution in [0, 0.1) is 11.8 Å². The number of carbonyl (C=O) groups excluding carboxylic acids is 4. The van der Waals surface area contributed by atoms with Crippen molar-refractivity contribution in [2.24, 2.45) is 11.8 Å². The van der Waals surface area contributed by atoms with Crippen LogP contribution in [0.15, 0.2) is 0 Å². The highest BCUT2D eigenvalue weighted by atomic mass is 16.7. The van der Waals surface area contributed by atoms with Gasteiger partial charge < -0.3 is 9.47 Å². The average Bonchev–Trinajstić information content (AvgIpc) is 3.26. The van der Waals surface area contributed by atoms with E-state index in [0.717, 1.165) is 70.6 Å². The monoisotopic (exact) mass is 997 g/mol. The summed E-state index contributed by atoms with van der Waals surface area (Å²) in [4.78, 5) is 71.7. The van der Waals surface area contributed by atoms with E-state index in [1.807, 2.05) is 0 Å². The molecule has 4 saturated heterocycles. The second-order valence-electron chi connectivity index (χ2n) is 26.4. The summed E-state index contributed by atoms with van der Waals surface area (Å²) in [6.45, 7) is 23.1. The van der Waals surface area contributed by atoms with Crippen molar-refractivity contribution in [1.82, 2.24) is 19.9 Å². The molecule has 12 nitrogen and oxygen atoms in total. The topological polar surface area (TPSA) is 118 Å². The van der Waals surface area contributed by atoms with Crippen LogP contribution in [0.3, 0.4) is 0 Å². The van der Waals surface area contributed by atoms with E-state index in [0.29, 0.717) is 50.7 Å². The molecule has 2 spiro atoms. The Bertz CT molecular complexity index is 1520. The van der Waals surface area contributed by atoms with Crippen LogP contribution in [-0.2, 0) is 28.7 Å². The summed E-state index contributed by atoms with van der Waals surface area (Å²) in [5.74, 6) is 0.873. The number of ether oxygens (including phenoxy) is 2. The van der Waals surface area contributed by atoms with Crippen LogP contribution in [-0.4, -0.2) is 103 Å². The van der Waals surface area contributed by atoms with Crippen LogP contribution in [0.25, 0.3) is 0 Å². The van der Waals surface area contributed by atoms with Crippen molar-refractivity contribution in [3.8, 4) is 0 Å². The van der Waals surface area contributed by atoms with Crippen molar-refractivity contribution < 1.29 is 38.3 Å². The molecule has 4 aliphatic heterocycles. The quantitative estimate of drug-likeness (QED) is 0.0775. The summed E-state index contributed by atoms with van der Waals surface area (Å²) in [6, 6.07) is -0.250. The molecule has 4 heterocycles. The van der Waals surface area contributed by atoms with Crippen LogP contribution < -0.4 is 0 Å². The van der Waals surface area contributed by atoms with Crippen LogP contribution in [0.5, 0.6) is 0 Å². The van der Waals surface area contributed by atoms with Crippen LogP contribution >= 0.6 is 0 Å². The van der Waals surface area contributed by atoms with E-state index < -0.39 is 45.5 Å². The molecule has 0 atom stereocenters. The third kappa shape index (κ3) is 15.4. The number of hydroxylamine groups is 4. The molecule has 2 saturated carbocycles.